The van der Waals surface area contributed by atoms with Gasteiger partial charge in [0.1, 0.15) is 0 Å². The molecule has 1 heterocycles. The average molecular weight is 212 g/mol. The van der Waals surface area contributed by atoms with Gasteiger partial charge in [0.25, 0.3) is 10.0 Å². The summed E-state index contributed by atoms with van der Waals surface area (Å²) in [6.07, 6.45) is 3.95. The van der Waals surface area contributed by atoms with Crippen LogP contribution in [0.2, 0.25) is 0 Å². The fourth-order valence-corrected chi connectivity index (χ4v) is 1.30. The third-order valence-electron chi connectivity index (χ3n) is 1.41. The normalized spacial score (nSPS) is 11.1. The molecule has 0 bridgehead atoms. The van der Waals surface area contributed by atoms with Crippen LogP contribution < -0.4 is 0 Å². The smallest absolute Gasteiger partial charge is 0.205 e. The zero-order valence-corrected chi connectivity index (χ0v) is 9.17. The quantitative estimate of drug-likeness (QED) is 0.644. The maximum Gasteiger partial charge on any atom is 0.250 e. The van der Waals surface area contributed by atoms with E-state index < -0.39 is 10.0 Å². The number of aromatic nitrogens is 2. The fraction of sp³-hybridized carbons (Fsp3) is 0.444. The molecule has 76 valence electrons. The molecule has 4 nitrogen and oxygen atoms in total. The molecule has 0 aromatic carbocycles. The summed E-state index contributed by atoms with van der Waals surface area (Å²) in [4.78, 5) is 0. The maximum absolute atomic E-state index is 11.0. The van der Waals surface area contributed by atoms with Crippen molar-refractivity contribution in [3.8, 4) is 11.8 Å². The van der Waals surface area contributed by atoms with Crippen LogP contribution in [-0.2, 0) is 10.0 Å². The third-order valence-corrected chi connectivity index (χ3v) is 2.28. The molecule has 0 saturated carbocycles. The van der Waals surface area contributed by atoms with E-state index in [0.717, 1.165) is 10.3 Å². The highest BCUT2D eigenvalue weighted by Crippen LogP contribution is 1.99. The highest BCUT2D eigenvalue weighted by molar-refractivity contribution is 7.89. The summed E-state index contributed by atoms with van der Waals surface area (Å²) < 4.78 is 23.0. The van der Waals surface area contributed by atoms with Crippen LogP contribution in [-0.4, -0.2) is 23.9 Å². The van der Waals surface area contributed by atoms with E-state index in [0.29, 0.717) is 5.56 Å². The van der Waals surface area contributed by atoms with Gasteiger partial charge in [-0.05, 0) is 0 Å². The second-order valence-corrected chi connectivity index (χ2v) is 5.13. The molecular formula is C9H12N2O2S. The van der Waals surface area contributed by atoms with Gasteiger partial charge in [0.2, 0.25) is 0 Å². The minimum Gasteiger partial charge on any atom is -0.205 e. The molecule has 14 heavy (non-hydrogen) atoms. The Hall–Kier alpha value is -1.28. The van der Waals surface area contributed by atoms with E-state index in [9.17, 15) is 8.42 Å². The molecule has 0 saturated heterocycles. The first kappa shape index (κ1) is 10.8. The van der Waals surface area contributed by atoms with Gasteiger partial charge in [-0.15, -0.1) is 0 Å². The number of rotatable bonds is 1. The van der Waals surface area contributed by atoms with Gasteiger partial charge < -0.3 is 0 Å². The summed E-state index contributed by atoms with van der Waals surface area (Å²) in [6, 6.07) is 0. The molecule has 0 spiro atoms. The van der Waals surface area contributed by atoms with Crippen molar-refractivity contribution < 1.29 is 8.42 Å². The van der Waals surface area contributed by atoms with Crippen molar-refractivity contribution in [3.05, 3.63) is 18.0 Å². The molecule has 0 aliphatic rings. The summed E-state index contributed by atoms with van der Waals surface area (Å²) in [5, 5.41) is 3.69. The van der Waals surface area contributed by atoms with Gasteiger partial charge >= 0.3 is 0 Å². The Bertz CT molecular complexity index is 474. The minimum absolute atomic E-state index is 0.261. The van der Waals surface area contributed by atoms with Gasteiger partial charge in [-0.2, -0.15) is 9.19 Å². The van der Waals surface area contributed by atoms with E-state index in [2.05, 4.69) is 16.9 Å². The number of nitrogens with zero attached hydrogens (tertiary/aromatic N) is 2. The van der Waals surface area contributed by atoms with Gasteiger partial charge in [-0.1, -0.05) is 25.7 Å². The molecule has 1 aromatic heterocycles. The molecule has 0 N–H and O–H groups in total. The third kappa shape index (κ3) is 2.89. The van der Waals surface area contributed by atoms with Gasteiger partial charge in [0.15, 0.2) is 0 Å². The summed E-state index contributed by atoms with van der Waals surface area (Å²) in [5.41, 5.74) is 0.615. The summed E-state index contributed by atoms with van der Waals surface area (Å²) in [7, 11) is -3.28. The van der Waals surface area contributed by atoms with E-state index in [4.69, 9.17) is 0 Å². The Morgan fingerprint density at radius 3 is 2.57 bits per heavy atom. The maximum atomic E-state index is 11.0. The van der Waals surface area contributed by atoms with E-state index in [1.165, 1.54) is 12.4 Å². The lowest BCUT2D eigenvalue weighted by Crippen LogP contribution is -2.09. The minimum atomic E-state index is -3.28. The van der Waals surface area contributed by atoms with Crippen molar-refractivity contribution >= 4 is 10.0 Å². The molecule has 0 atom stereocenters. The van der Waals surface area contributed by atoms with E-state index in [1.54, 1.807) is 0 Å². The van der Waals surface area contributed by atoms with Crippen molar-refractivity contribution in [1.29, 1.82) is 0 Å². The van der Waals surface area contributed by atoms with Crippen LogP contribution in [0, 0.1) is 17.8 Å². The number of hydrogen-bond donors (Lipinski definition) is 0. The van der Waals surface area contributed by atoms with Crippen molar-refractivity contribution in [2.45, 2.75) is 13.8 Å². The lowest BCUT2D eigenvalue weighted by molar-refractivity contribution is 0.586. The molecule has 0 amide bonds. The summed E-state index contributed by atoms with van der Waals surface area (Å²) in [5.74, 6) is 6.03. The van der Waals surface area contributed by atoms with Crippen LogP contribution in [0.25, 0.3) is 0 Å². The predicted molar refractivity (Wildman–Crippen MR) is 54.2 cm³/mol. The molecular weight excluding hydrogens is 200 g/mol. The monoisotopic (exact) mass is 212 g/mol. The van der Waals surface area contributed by atoms with Crippen molar-refractivity contribution in [3.63, 3.8) is 0 Å². The Balaban J connectivity index is 2.97. The van der Waals surface area contributed by atoms with Gasteiger partial charge in [0, 0.05) is 5.92 Å². The van der Waals surface area contributed by atoms with Crippen LogP contribution in [0.3, 0.4) is 0 Å². The first-order chi connectivity index (χ1) is 6.39. The lowest BCUT2D eigenvalue weighted by atomic mass is 10.2. The van der Waals surface area contributed by atoms with Crippen molar-refractivity contribution in [1.82, 2.24) is 9.19 Å². The Labute approximate surface area is 84.0 Å². The first-order valence-corrected chi connectivity index (χ1v) is 6.01. The second kappa shape index (κ2) is 3.84. The average Bonchev–Trinajstić information content (AvgIpc) is 2.47. The molecule has 0 aliphatic heterocycles. The Morgan fingerprint density at radius 2 is 2.14 bits per heavy atom. The second-order valence-electron chi connectivity index (χ2n) is 3.29. The SMILES string of the molecule is CC(C)C#Cc1cnn(S(C)(=O)=O)c1. The van der Waals surface area contributed by atoms with Crippen molar-refractivity contribution in [2.24, 2.45) is 5.92 Å². The highest BCUT2D eigenvalue weighted by Gasteiger charge is 2.05. The van der Waals surface area contributed by atoms with Crippen LogP contribution in [0.1, 0.15) is 19.4 Å². The Kier molecular flexibility index (Phi) is 2.96. The van der Waals surface area contributed by atoms with Gasteiger partial charge in [-0.25, -0.2) is 8.42 Å². The molecule has 5 heteroatoms. The van der Waals surface area contributed by atoms with Crippen molar-refractivity contribution in [2.75, 3.05) is 6.26 Å². The van der Waals surface area contributed by atoms with Crippen LogP contribution >= 0.6 is 0 Å². The first-order valence-electron chi connectivity index (χ1n) is 4.16. The molecule has 1 rings (SSSR count). The molecule has 0 radical (unpaired) electrons. The molecule has 0 unspecified atom stereocenters. The fourth-order valence-electron chi connectivity index (χ4n) is 0.778. The molecule has 0 fully saturated rings. The zero-order valence-electron chi connectivity index (χ0n) is 8.35. The predicted octanol–water partition coefficient (Wildman–Crippen LogP) is 0.698. The van der Waals surface area contributed by atoms with Crippen LogP contribution in [0.5, 0.6) is 0 Å². The van der Waals surface area contributed by atoms with Gasteiger partial charge in [0.05, 0.1) is 24.2 Å². The number of hydrogen-bond acceptors (Lipinski definition) is 3. The van der Waals surface area contributed by atoms with E-state index >= 15 is 0 Å². The highest BCUT2D eigenvalue weighted by atomic mass is 32.2. The largest absolute Gasteiger partial charge is 0.250 e. The summed E-state index contributed by atoms with van der Waals surface area (Å²) >= 11 is 0. The van der Waals surface area contributed by atoms with E-state index in [-0.39, 0.29) is 5.92 Å². The molecule has 0 aliphatic carbocycles. The van der Waals surface area contributed by atoms with E-state index in [1.807, 2.05) is 13.8 Å². The topological polar surface area (TPSA) is 52.0 Å². The Morgan fingerprint density at radius 1 is 1.50 bits per heavy atom. The van der Waals surface area contributed by atoms with Crippen LogP contribution in [0.15, 0.2) is 12.4 Å². The van der Waals surface area contributed by atoms with Crippen LogP contribution in [0.4, 0.5) is 0 Å². The standard InChI is InChI=1S/C9H12N2O2S/c1-8(2)4-5-9-6-10-11(7-9)14(3,12)13/h6-8H,1-3H3. The van der Waals surface area contributed by atoms with Gasteiger partial charge in [-0.3, -0.25) is 0 Å². The summed E-state index contributed by atoms with van der Waals surface area (Å²) in [6.45, 7) is 3.93. The lowest BCUT2D eigenvalue weighted by Gasteiger charge is -1.92. The zero-order chi connectivity index (χ0) is 10.8. The molecule has 1 aromatic rings.